The molecule has 2 aliphatic carbocycles. The lowest BCUT2D eigenvalue weighted by Gasteiger charge is -2.31. The molecule has 0 aromatic heterocycles. The van der Waals surface area contributed by atoms with Gasteiger partial charge in [-0.05, 0) is 50.9 Å². The Morgan fingerprint density at radius 1 is 1.28 bits per heavy atom. The number of fused-ring (bicyclic) bond motifs is 2. The predicted octanol–water partition coefficient (Wildman–Crippen LogP) is 3.70. The molecule has 18 heavy (non-hydrogen) atoms. The number of rotatable bonds is 3. The normalized spacial score (nSPS) is 34.4. The molecule has 0 heterocycles. The molecule has 2 aliphatic rings. The summed E-state index contributed by atoms with van der Waals surface area (Å²) in [6.45, 7) is 2.30. The van der Waals surface area contributed by atoms with Crippen molar-refractivity contribution in [2.75, 3.05) is 0 Å². The number of alkyl halides is 3. The van der Waals surface area contributed by atoms with Crippen molar-refractivity contribution in [3.63, 3.8) is 0 Å². The summed E-state index contributed by atoms with van der Waals surface area (Å²) in [4.78, 5) is 11.8. The van der Waals surface area contributed by atoms with Crippen LogP contribution in [-0.2, 0) is 9.53 Å². The smallest absolute Gasteiger partial charge is 0.404 e. The summed E-state index contributed by atoms with van der Waals surface area (Å²) >= 11 is 0. The van der Waals surface area contributed by atoms with Crippen molar-refractivity contribution in [1.82, 2.24) is 0 Å². The molecular weight excluding hydrogens is 245 g/mol. The zero-order valence-corrected chi connectivity index (χ0v) is 10.7. The number of halogens is 3. The summed E-state index contributed by atoms with van der Waals surface area (Å²) in [5.41, 5.74) is -2.37. The Labute approximate surface area is 105 Å². The molecule has 0 saturated heterocycles. The average molecular weight is 264 g/mol. The van der Waals surface area contributed by atoms with Gasteiger partial charge in [-0.3, -0.25) is 4.79 Å². The van der Waals surface area contributed by atoms with E-state index < -0.39 is 17.6 Å². The van der Waals surface area contributed by atoms with Crippen LogP contribution in [0.3, 0.4) is 0 Å². The third-order valence-electron chi connectivity index (χ3n) is 4.71. The second kappa shape index (κ2) is 4.42. The molecule has 2 bridgehead atoms. The van der Waals surface area contributed by atoms with Gasteiger partial charge < -0.3 is 4.74 Å². The van der Waals surface area contributed by atoms with E-state index in [-0.39, 0.29) is 18.4 Å². The molecule has 2 saturated carbocycles. The van der Waals surface area contributed by atoms with Gasteiger partial charge in [0.1, 0.15) is 6.10 Å². The summed E-state index contributed by atoms with van der Waals surface area (Å²) in [6.07, 6.45) is -1.25. The second-order valence-electron chi connectivity index (χ2n) is 5.80. The van der Waals surface area contributed by atoms with Gasteiger partial charge in [0.15, 0.2) is 5.41 Å². The van der Waals surface area contributed by atoms with Gasteiger partial charge in [-0.2, -0.15) is 13.2 Å². The lowest BCUT2D eigenvalue weighted by Crippen LogP contribution is -2.45. The molecule has 5 heteroatoms. The first-order chi connectivity index (χ1) is 8.28. The Kier molecular flexibility index (Phi) is 3.36. The number of esters is 1. The first kappa shape index (κ1) is 13.7. The van der Waals surface area contributed by atoms with Crippen molar-refractivity contribution in [1.29, 1.82) is 0 Å². The van der Waals surface area contributed by atoms with Crippen molar-refractivity contribution in [3.05, 3.63) is 0 Å². The average Bonchev–Trinajstić information content (AvgIpc) is 2.87. The van der Waals surface area contributed by atoms with Crippen LogP contribution in [0.1, 0.15) is 46.0 Å². The topological polar surface area (TPSA) is 26.3 Å². The van der Waals surface area contributed by atoms with E-state index in [0.717, 1.165) is 32.6 Å². The molecule has 0 N–H and O–H groups in total. The Morgan fingerprint density at radius 3 is 2.33 bits per heavy atom. The van der Waals surface area contributed by atoms with Crippen molar-refractivity contribution in [2.24, 2.45) is 17.3 Å². The lowest BCUT2D eigenvalue weighted by molar-refractivity contribution is -0.234. The van der Waals surface area contributed by atoms with E-state index in [0.29, 0.717) is 5.92 Å². The third kappa shape index (κ3) is 2.12. The standard InChI is InChI=1S/C13H19F3O2/c1-3-12(2,13(14,15)16)11(17)18-10-7-8-4-5-9(10)6-8/h8-10H,3-7H2,1-2H3. The van der Waals surface area contributed by atoms with Gasteiger partial charge in [-0.15, -0.1) is 0 Å². The first-order valence-corrected chi connectivity index (χ1v) is 6.55. The summed E-state index contributed by atoms with van der Waals surface area (Å²) in [5.74, 6) is -0.269. The maximum absolute atomic E-state index is 12.9. The van der Waals surface area contributed by atoms with Crippen LogP contribution in [0.4, 0.5) is 13.2 Å². The van der Waals surface area contributed by atoms with Crippen LogP contribution in [0.25, 0.3) is 0 Å². The van der Waals surface area contributed by atoms with Crippen molar-refractivity contribution >= 4 is 5.97 Å². The van der Waals surface area contributed by atoms with Gasteiger partial charge in [0, 0.05) is 0 Å². The molecule has 2 rings (SSSR count). The fourth-order valence-electron chi connectivity index (χ4n) is 3.06. The monoisotopic (exact) mass is 264 g/mol. The molecule has 4 unspecified atom stereocenters. The van der Waals surface area contributed by atoms with E-state index >= 15 is 0 Å². The van der Waals surface area contributed by atoms with Crippen LogP contribution in [0.5, 0.6) is 0 Å². The van der Waals surface area contributed by atoms with E-state index in [1.54, 1.807) is 0 Å². The van der Waals surface area contributed by atoms with Crippen LogP contribution < -0.4 is 0 Å². The zero-order valence-electron chi connectivity index (χ0n) is 10.7. The van der Waals surface area contributed by atoms with Gasteiger partial charge in [-0.25, -0.2) is 0 Å². The van der Waals surface area contributed by atoms with Crippen LogP contribution in [-0.4, -0.2) is 18.2 Å². The summed E-state index contributed by atoms with van der Waals surface area (Å²) in [6, 6.07) is 0. The Morgan fingerprint density at radius 2 is 1.94 bits per heavy atom. The molecule has 0 aromatic rings. The summed E-state index contributed by atoms with van der Waals surface area (Å²) in [7, 11) is 0. The van der Waals surface area contributed by atoms with Crippen LogP contribution in [0.2, 0.25) is 0 Å². The SMILES string of the molecule is CCC(C)(C(=O)OC1CC2CCC1C2)C(F)(F)F. The van der Waals surface area contributed by atoms with Gasteiger partial charge >= 0.3 is 12.1 Å². The number of hydrogen-bond acceptors (Lipinski definition) is 2. The van der Waals surface area contributed by atoms with E-state index in [1.807, 2.05) is 0 Å². The fraction of sp³-hybridized carbons (Fsp3) is 0.923. The molecule has 0 aromatic carbocycles. The molecule has 0 radical (unpaired) electrons. The highest BCUT2D eigenvalue weighted by Crippen LogP contribution is 2.48. The van der Waals surface area contributed by atoms with Crippen LogP contribution in [0, 0.1) is 17.3 Å². The van der Waals surface area contributed by atoms with E-state index in [4.69, 9.17) is 4.74 Å². The third-order valence-corrected chi connectivity index (χ3v) is 4.71. The van der Waals surface area contributed by atoms with Crippen LogP contribution in [0.15, 0.2) is 0 Å². The molecule has 2 nitrogen and oxygen atoms in total. The van der Waals surface area contributed by atoms with E-state index in [9.17, 15) is 18.0 Å². The number of carbonyl (C=O) groups is 1. The Hall–Kier alpha value is -0.740. The van der Waals surface area contributed by atoms with Crippen molar-refractivity contribution in [2.45, 2.75) is 58.2 Å². The minimum Gasteiger partial charge on any atom is -0.461 e. The molecule has 4 atom stereocenters. The zero-order chi connectivity index (χ0) is 13.6. The lowest BCUT2D eigenvalue weighted by atomic mass is 9.86. The maximum Gasteiger partial charge on any atom is 0.404 e. The molecule has 104 valence electrons. The van der Waals surface area contributed by atoms with Crippen molar-refractivity contribution < 1.29 is 22.7 Å². The molecule has 0 amide bonds. The minimum absolute atomic E-state index is 0.282. The quantitative estimate of drug-likeness (QED) is 0.726. The van der Waals surface area contributed by atoms with Gasteiger partial charge in [0.05, 0.1) is 0 Å². The Balaban J connectivity index is 2.03. The van der Waals surface area contributed by atoms with E-state index in [1.165, 1.54) is 6.92 Å². The van der Waals surface area contributed by atoms with Gasteiger partial charge in [-0.1, -0.05) is 6.92 Å². The molecule has 0 aliphatic heterocycles. The van der Waals surface area contributed by atoms with Crippen LogP contribution >= 0.6 is 0 Å². The largest absolute Gasteiger partial charge is 0.461 e. The summed E-state index contributed by atoms with van der Waals surface area (Å²) < 4.78 is 43.9. The Bertz CT molecular complexity index is 340. The van der Waals surface area contributed by atoms with Gasteiger partial charge in [0.25, 0.3) is 0 Å². The number of ether oxygens (including phenoxy) is 1. The molecule has 2 fully saturated rings. The van der Waals surface area contributed by atoms with E-state index in [2.05, 4.69) is 0 Å². The summed E-state index contributed by atoms with van der Waals surface area (Å²) in [5, 5.41) is 0. The highest BCUT2D eigenvalue weighted by molar-refractivity contribution is 5.77. The second-order valence-corrected chi connectivity index (χ2v) is 5.80. The van der Waals surface area contributed by atoms with Crippen molar-refractivity contribution in [3.8, 4) is 0 Å². The predicted molar refractivity (Wildman–Crippen MR) is 59.8 cm³/mol. The molecular formula is C13H19F3O2. The number of carbonyl (C=O) groups excluding carboxylic acids is 1. The maximum atomic E-state index is 12.9. The highest BCUT2D eigenvalue weighted by atomic mass is 19.4. The van der Waals surface area contributed by atoms with Gasteiger partial charge in [0.2, 0.25) is 0 Å². The first-order valence-electron chi connectivity index (χ1n) is 6.55. The minimum atomic E-state index is -4.55. The fourth-order valence-corrected chi connectivity index (χ4v) is 3.06. The highest BCUT2D eigenvalue weighted by Gasteiger charge is 2.57. The number of hydrogen-bond donors (Lipinski definition) is 0. The molecule has 0 spiro atoms.